The van der Waals surface area contributed by atoms with Gasteiger partial charge in [-0.25, -0.2) is 14.8 Å². The first kappa shape index (κ1) is 21.3. The fourth-order valence-electron chi connectivity index (χ4n) is 4.75. The molecule has 35 heavy (non-hydrogen) atoms. The number of nitrogens with one attached hydrogen (secondary N) is 1. The second-order valence-corrected chi connectivity index (χ2v) is 9.03. The molecule has 1 aliphatic rings. The zero-order valence-electron chi connectivity index (χ0n) is 18.7. The summed E-state index contributed by atoms with van der Waals surface area (Å²) in [5.41, 5.74) is 3.23. The van der Waals surface area contributed by atoms with Gasteiger partial charge in [0.05, 0.1) is 33.4 Å². The van der Waals surface area contributed by atoms with Gasteiger partial charge in [0.2, 0.25) is 0 Å². The van der Waals surface area contributed by atoms with Crippen molar-refractivity contribution in [1.82, 2.24) is 34.3 Å². The third kappa shape index (κ3) is 3.50. The molecule has 5 aromatic rings. The molecule has 3 heterocycles. The van der Waals surface area contributed by atoms with E-state index in [0.29, 0.717) is 33.4 Å². The van der Waals surface area contributed by atoms with Crippen LogP contribution in [0.2, 0.25) is 5.02 Å². The van der Waals surface area contributed by atoms with Crippen LogP contribution in [0.4, 0.5) is 0 Å². The van der Waals surface area contributed by atoms with Crippen molar-refractivity contribution in [1.29, 1.82) is 5.26 Å². The minimum absolute atomic E-state index is 0.00956. The molecule has 0 atom stereocenters. The summed E-state index contributed by atoms with van der Waals surface area (Å²) in [4.78, 5) is 24.3. The summed E-state index contributed by atoms with van der Waals surface area (Å²) >= 11 is 6.58. The Morgan fingerprint density at radius 1 is 1.14 bits per heavy atom. The summed E-state index contributed by atoms with van der Waals surface area (Å²) in [7, 11) is 0. The summed E-state index contributed by atoms with van der Waals surface area (Å²) in [6.45, 7) is 1.83. The van der Waals surface area contributed by atoms with Crippen molar-refractivity contribution >= 4 is 22.6 Å². The van der Waals surface area contributed by atoms with Gasteiger partial charge in [-0.15, -0.1) is 10.2 Å². The first-order chi connectivity index (χ1) is 17.0. The molecule has 9 nitrogen and oxygen atoms in total. The molecular weight excluding hydrogens is 464 g/mol. The number of aromatic nitrogens is 7. The normalized spacial score (nSPS) is 17.3. The van der Waals surface area contributed by atoms with Crippen LogP contribution in [-0.2, 0) is 0 Å². The SMILES string of the molecule is Cc1nccc(-c2nnc([C@H]3C[C@H](n4c(=O)[nH]c5cc(C#N)ccc54)C3)n2-c2ccccc2Cl)n1. The lowest BCUT2D eigenvalue weighted by atomic mass is 9.79. The Morgan fingerprint density at radius 3 is 2.74 bits per heavy atom. The van der Waals surface area contributed by atoms with Crippen molar-refractivity contribution in [3.8, 4) is 23.3 Å². The number of hydrogen-bond donors (Lipinski definition) is 1. The zero-order chi connectivity index (χ0) is 24.1. The van der Waals surface area contributed by atoms with Crippen molar-refractivity contribution < 1.29 is 0 Å². The molecule has 172 valence electrons. The molecule has 1 N–H and O–H groups in total. The molecule has 1 saturated carbocycles. The van der Waals surface area contributed by atoms with E-state index >= 15 is 0 Å². The molecule has 0 unspecified atom stereocenters. The summed E-state index contributed by atoms with van der Waals surface area (Å²) in [6.07, 6.45) is 3.14. The molecule has 0 bridgehead atoms. The average molecular weight is 483 g/mol. The average Bonchev–Trinajstić information content (AvgIpc) is 3.39. The number of rotatable bonds is 4. The number of nitriles is 1. The first-order valence-electron chi connectivity index (χ1n) is 11.2. The number of hydrogen-bond acceptors (Lipinski definition) is 6. The van der Waals surface area contributed by atoms with Crippen LogP contribution in [0.3, 0.4) is 0 Å². The predicted molar refractivity (Wildman–Crippen MR) is 130 cm³/mol. The van der Waals surface area contributed by atoms with Gasteiger partial charge in [-0.3, -0.25) is 9.13 Å². The molecule has 0 radical (unpaired) electrons. The van der Waals surface area contributed by atoms with Gasteiger partial charge in [0.15, 0.2) is 5.82 Å². The molecule has 0 saturated heterocycles. The van der Waals surface area contributed by atoms with Crippen molar-refractivity contribution in [2.75, 3.05) is 0 Å². The largest absolute Gasteiger partial charge is 0.326 e. The Hall–Kier alpha value is -4.29. The lowest BCUT2D eigenvalue weighted by Gasteiger charge is -2.35. The minimum atomic E-state index is -0.178. The second-order valence-electron chi connectivity index (χ2n) is 8.62. The van der Waals surface area contributed by atoms with E-state index in [1.54, 1.807) is 29.0 Å². The standard InChI is InChI=1S/C25H19ClN8O/c1-14-28-9-8-19(29-14)24-32-31-23(34(24)21-5-3-2-4-18(21)26)16-11-17(12-16)33-22-7-6-15(13-27)10-20(22)30-25(33)35/h2-10,16-17H,11-12H2,1H3,(H,30,35)/t16-,17-. The van der Waals surface area contributed by atoms with E-state index < -0.39 is 0 Å². The number of nitrogens with zero attached hydrogens (tertiary/aromatic N) is 7. The van der Waals surface area contributed by atoms with E-state index in [2.05, 4.69) is 31.2 Å². The fourth-order valence-corrected chi connectivity index (χ4v) is 4.97. The first-order valence-corrected chi connectivity index (χ1v) is 11.6. The maximum Gasteiger partial charge on any atom is 0.326 e. The smallest absolute Gasteiger partial charge is 0.305 e. The van der Waals surface area contributed by atoms with Crippen LogP contribution in [0.5, 0.6) is 0 Å². The Labute approximate surface area is 204 Å². The van der Waals surface area contributed by atoms with Crippen LogP contribution < -0.4 is 5.69 Å². The maximum absolute atomic E-state index is 12.7. The number of fused-ring (bicyclic) bond motifs is 1. The van der Waals surface area contributed by atoms with Gasteiger partial charge in [0.1, 0.15) is 17.3 Å². The highest BCUT2D eigenvalue weighted by Crippen LogP contribution is 2.46. The van der Waals surface area contributed by atoms with Crippen molar-refractivity contribution in [3.63, 3.8) is 0 Å². The van der Waals surface area contributed by atoms with Crippen LogP contribution in [-0.4, -0.2) is 34.3 Å². The van der Waals surface area contributed by atoms with Gasteiger partial charge in [0, 0.05) is 18.2 Å². The van der Waals surface area contributed by atoms with Gasteiger partial charge in [-0.1, -0.05) is 23.7 Å². The van der Waals surface area contributed by atoms with Crippen LogP contribution >= 0.6 is 11.6 Å². The van der Waals surface area contributed by atoms with E-state index in [-0.39, 0.29) is 17.6 Å². The number of H-pyrrole nitrogens is 1. The quantitative estimate of drug-likeness (QED) is 0.407. The number of aromatic amines is 1. The van der Waals surface area contributed by atoms with Gasteiger partial charge in [0.25, 0.3) is 0 Å². The molecule has 1 fully saturated rings. The van der Waals surface area contributed by atoms with E-state index in [4.69, 9.17) is 16.9 Å². The number of halogens is 1. The van der Waals surface area contributed by atoms with E-state index in [1.807, 2.05) is 41.8 Å². The summed E-state index contributed by atoms with van der Waals surface area (Å²) in [5.74, 6) is 2.09. The van der Waals surface area contributed by atoms with Gasteiger partial charge in [-0.05, 0) is 56.2 Å². The van der Waals surface area contributed by atoms with Crippen molar-refractivity contribution in [2.24, 2.45) is 0 Å². The highest BCUT2D eigenvalue weighted by atomic mass is 35.5. The van der Waals surface area contributed by atoms with Gasteiger partial charge < -0.3 is 4.98 Å². The third-order valence-corrected chi connectivity index (χ3v) is 6.80. The van der Waals surface area contributed by atoms with E-state index in [1.165, 1.54) is 0 Å². The van der Waals surface area contributed by atoms with E-state index in [9.17, 15) is 4.79 Å². The monoisotopic (exact) mass is 482 g/mol. The molecule has 3 aromatic heterocycles. The molecule has 6 rings (SSSR count). The summed E-state index contributed by atoms with van der Waals surface area (Å²) in [5, 5.41) is 18.8. The van der Waals surface area contributed by atoms with Crippen LogP contribution in [0.15, 0.2) is 59.5 Å². The highest BCUT2D eigenvalue weighted by molar-refractivity contribution is 6.32. The Balaban J connectivity index is 1.39. The van der Waals surface area contributed by atoms with Gasteiger partial charge in [-0.2, -0.15) is 5.26 Å². The number of aryl methyl sites for hydroxylation is 1. The fraction of sp³-hybridized carbons (Fsp3) is 0.200. The molecule has 0 spiro atoms. The van der Waals surface area contributed by atoms with E-state index in [0.717, 1.165) is 29.9 Å². The maximum atomic E-state index is 12.7. The second kappa shape index (κ2) is 8.18. The number of benzene rings is 2. The van der Waals surface area contributed by atoms with Crippen molar-refractivity contribution in [2.45, 2.75) is 31.7 Å². The zero-order valence-corrected chi connectivity index (χ0v) is 19.4. The summed E-state index contributed by atoms with van der Waals surface area (Å²) < 4.78 is 3.74. The Kier molecular flexibility index (Phi) is 4.97. The van der Waals surface area contributed by atoms with Crippen molar-refractivity contribution in [3.05, 3.63) is 87.4 Å². The molecule has 10 heteroatoms. The lowest BCUT2D eigenvalue weighted by molar-refractivity contribution is 0.254. The number of para-hydroxylation sites is 1. The molecule has 1 aliphatic carbocycles. The number of imidazole rings is 1. The molecule has 0 amide bonds. The lowest BCUT2D eigenvalue weighted by Crippen LogP contribution is -2.32. The van der Waals surface area contributed by atoms with Crippen LogP contribution in [0, 0.1) is 18.3 Å². The topological polar surface area (TPSA) is 118 Å². The highest BCUT2D eigenvalue weighted by Gasteiger charge is 2.38. The minimum Gasteiger partial charge on any atom is -0.305 e. The van der Waals surface area contributed by atoms with Crippen LogP contribution in [0.1, 0.15) is 42.0 Å². The Morgan fingerprint density at radius 2 is 1.97 bits per heavy atom. The van der Waals surface area contributed by atoms with Gasteiger partial charge >= 0.3 is 5.69 Å². The summed E-state index contributed by atoms with van der Waals surface area (Å²) in [6, 6.07) is 16.7. The van der Waals surface area contributed by atoms with Crippen LogP contribution in [0.25, 0.3) is 28.2 Å². The molecular formula is C25H19ClN8O. The Bertz CT molecular complexity index is 1690. The molecule has 2 aromatic carbocycles. The predicted octanol–water partition coefficient (Wildman–Crippen LogP) is 4.32. The third-order valence-electron chi connectivity index (χ3n) is 6.48. The molecule has 0 aliphatic heterocycles.